The summed E-state index contributed by atoms with van der Waals surface area (Å²) in [5.41, 5.74) is 0.967. The summed E-state index contributed by atoms with van der Waals surface area (Å²) in [4.78, 5) is 0. The molecular weight excluding hydrogens is 182 g/mol. The molecule has 1 fully saturated rings. The number of allylic oxidation sites excluding steroid dienone is 2. The van der Waals surface area contributed by atoms with Gasteiger partial charge in [-0.05, 0) is 42.6 Å². The topological polar surface area (TPSA) is 12.0 Å². The normalized spacial score (nSPS) is 32.9. The van der Waals surface area contributed by atoms with Crippen molar-refractivity contribution in [3.8, 4) is 0 Å². The monoisotopic (exact) mass is 207 g/mol. The molecular formula is C14H25N. The highest BCUT2D eigenvalue weighted by molar-refractivity contribution is 5.17. The van der Waals surface area contributed by atoms with Crippen molar-refractivity contribution >= 4 is 0 Å². The Bertz CT molecular complexity index is 249. The first-order valence-electron chi connectivity index (χ1n) is 6.34. The summed E-state index contributed by atoms with van der Waals surface area (Å²) >= 11 is 0. The van der Waals surface area contributed by atoms with Crippen LogP contribution in [0.25, 0.3) is 0 Å². The Morgan fingerprint density at radius 2 is 1.80 bits per heavy atom. The maximum atomic E-state index is 3.77. The van der Waals surface area contributed by atoms with Crippen LogP contribution in [-0.4, -0.2) is 12.6 Å². The summed E-state index contributed by atoms with van der Waals surface area (Å²) in [6.07, 6.45) is 8.60. The van der Waals surface area contributed by atoms with Gasteiger partial charge < -0.3 is 5.32 Å². The second-order valence-electron chi connectivity index (χ2n) is 6.44. The lowest BCUT2D eigenvalue weighted by Gasteiger charge is -2.19. The van der Waals surface area contributed by atoms with Crippen molar-refractivity contribution in [3.05, 3.63) is 12.2 Å². The number of hydrogen-bond donors (Lipinski definition) is 1. The summed E-state index contributed by atoms with van der Waals surface area (Å²) in [6, 6.07) is 0.718. The van der Waals surface area contributed by atoms with Gasteiger partial charge in [-0.15, -0.1) is 0 Å². The molecule has 1 N–H and O–H groups in total. The molecule has 2 rings (SSSR count). The molecule has 0 aromatic carbocycles. The Morgan fingerprint density at radius 3 is 2.27 bits per heavy atom. The molecule has 0 heterocycles. The number of rotatable bonds is 3. The van der Waals surface area contributed by atoms with Crippen LogP contribution in [0, 0.1) is 16.7 Å². The van der Waals surface area contributed by atoms with E-state index in [1.165, 1.54) is 25.8 Å². The van der Waals surface area contributed by atoms with E-state index in [2.05, 4.69) is 45.2 Å². The highest BCUT2D eigenvalue weighted by atomic mass is 15.0. The largest absolute Gasteiger partial charge is 0.313 e. The van der Waals surface area contributed by atoms with Crippen LogP contribution in [0.2, 0.25) is 0 Å². The van der Waals surface area contributed by atoms with Gasteiger partial charge in [0.25, 0.3) is 0 Å². The van der Waals surface area contributed by atoms with E-state index < -0.39 is 0 Å². The second kappa shape index (κ2) is 3.62. The predicted octanol–water partition coefficient (Wildman–Crippen LogP) is 3.37. The minimum absolute atomic E-state index is 0.484. The summed E-state index contributed by atoms with van der Waals surface area (Å²) in [6.45, 7) is 10.7. The average molecular weight is 207 g/mol. The van der Waals surface area contributed by atoms with Crippen LogP contribution in [0.5, 0.6) is 0 Å². The zero-order valence-corrected chi connectivity index (χ0v) is 10.6. The first-order chi connectivity index (χ1) is 6.96. The minimum Gasteiger partial charge on any atom is -0.313 e. The molecule has 1 saturated carbocycles. The Kier molecular flexibility index (Phi) is 2.70. The standard InChI is InChI=1S/C14H25N/c1-13(2)12(14(13,3)4)15-10-11-8-6-5-7-9-11/h5-6,11-12,15H,7-10H2,1-4H3. The van der Waals surface area contributed by atoms with E-state index in [-0.39, 0.29) is 0 Å². The smallest absolute Gasteiger partial charge is 0.0181 e. The zero-order chi connectivity index (χ0) is 11.1. The van der Waals surface area contributed by atoms with E-state index in [9.17, 15) is 0 Å². The van der Waals surface area contributed by atoms with Gasteiger partial charge in [-0.1, -0.05) is 39.8 Å². The molecule has 1 atom stereocenters. The van der Waals surface area contributed by atoms with E-state index in [1.807, 2.05) is 0 Å². The van der Waals surface area contributed by atoms with Crippen LogP contribution in [0.15, 0.2) is 12.2 Å². The van der Waals surface area contributed by atoms with Gasteiger partial charge in [-0.3, -0.25) is 0 Å². The van der Waals surface area contributed by atoms with Gasteiger partial charge in [-0.25, -0.2) is 0 Å². The third-order valence-corrected chi connectivity index (χ3v) is 5.01. The molecule has 0 aromatic rings. The van der Waals surface area contributed by atoms with Crippen molar-refractivity contribution in [2.45, 2.75) is 53.0 Å². The Labute approximate surface area is 94.3 Å². The van der Waals surface area contributed by atoms with Gasteiger partial charge in [-0.2, -0.15) is 0 Å². The minimum atomic E-state index is 0.484. The maximum absolute atomic E-state index is 3.77. The van der Waals surface area contributed by atoms with E-state index >= 15 is 0 Å². The van der Waals surface area contributed by atoms with Crippen LogP contribution < -0.4 is 5.32 Å². The van der Waals surface area contributed by atoms with Gasteiger partial charge in [0.2, 0.25) is 0 Å². The molecule has 0 spiro atoms. The van der Waals surface area contributed by atoms with Crippen LogP contribution in [0.3, 0.4) is 0 Å². The lowest BCUT2D eigenvalue weighted by Crippen LogP contribution is -2.29. The Balaban J connectivity index is 1.78. The van der Waals surface area contributed by atoms with E-state index in [1.54, 1.807) is 0 Å². The van der Waals surface area contributed by atoms with E-state index in [0.717, 1.165) is 12.0 Å². The van der Waals surface area contributed by atoms with Crippen LogP contribution in [0.4, 0.5) is 0 Å². The number of nitrogens with one attached hydrogen (secondary N) is 1. The fourth-order valence-electron chi connectivity index (χ4n) is 3.03. The predicted molar refractivity (Wildman–Crippen MR) is 65.8 cm³/mol. The van der Waals surface area contributed by atoms with Gasteiger partial charge in [0.15, 0.2) is 0 Å². The molecule has 0 amide bonds. The Hall–Kier alpha value is -0.300. The maximum Gasteiger partial charge on any atom is 0.0181 e. The fraction of sp³-hybridized carbons (Fsp3) is 0.857. The highest BCUT2D eigenvalue weighted by Gasteiger charge is 2.64. The molecule has 1 heteroatoms. The first kappa shape index (κ1) is 11.2. The van der Waals surface area contributed by atoms with E-state index in [4.69, 9.17) is 0 Å². The second-order valence-corrected chi connectivity index (χ2v) is 6.44. The summed E-state index contributed by atoms with van der Waals surface area (Å²) in [7, 11) is 0. The zero-order valence-electron chi connectivity index (χ0n) is 10.6. The molecule has 0 bridgehead atoms. The van der Waals surface area contributed by atoms with Gasteiger partial charge >= 0.3 is 0 Å². The van der Waals surface area contributed by atoms with Gasteiger partial charge in [0.1, 0.15) is 0 Å². The molecule has 2 aliphatic carbocycles. The third kappa shape index (κ3) is 1.87. The third-order valence-electron chi connectivity index (χ3n) is 5.01. The van der Waals surface area contributed by atoms with Crippen LogP contribution in [0.1, 0.15) is 47.0 Å². The lowest BCUT2D eigenvalue weighted by molar-refractivity contribution is 0.419. The molecule has 2 aliphatic rings. The first-order valence-corrected chi connectivity index (χ1v) is 6.34. The summed E-state index contributed by atoms with van der Waals surface area (Å²) in [5, 5.41) is 3.77. The summed E-state index contributed by atoms with van der Waals surface area (Å²) < 4.78 is 0. The summed E-state index contributed by atoms with van der Waals surface area (Å²) in [5.74, 6) is 0.877. The van der Waals surface area contributed by atoms with Crippen molar-refractivity contribution in [1.82, 2.24) is 5.32 Å². The highest BCUT2D eigenvalue weighted by Crippen LogP contribution is 2.62. The van der Waals surface area contributed by atoms with Crippen molar-refractivity contribution in [1.29, 1.82) is 0 Å². The molecule has 1 nitrogen and oxygen atoms in total. The van der Waals surface area contributed by atoms with Gasteiger partial charge in [0, 0.05) is 6.04 Å². The van der Waals surface area contributed by atoms with Crippen molar-refractivity contribution in [2.75, 3.05) is 6.54 Å². The average Bonchev–Trinajstić information content (AvgIpc) is 2.57. The number of hydrogen-bond acceptors (Lipinski definition) is 1. The van der Waals surface area contributed by atoms with Crippen molar-refractivity contribution < 1.29 is 0 Å². The quantitative estimate of drug-likeness (QED) is 0.700. The molecule has 1 unspecified atom stereocenters. The lowest BCUT2D eigenvalue weighted by atomic mass is 9.94. The molecule has 0 saturated heterocycles. The van der Waals surface area contributed by atoms with Crippen molar-refractivity contribution in [3.63, 3.8) is 0 Å². The fourth-order valence-corrected chi connectivity index (χ4v) is 3.03. The molecule has 0 radical (unpaired) electrons. The van der Waals surface area contributed by atoms with Crippen LogP contribution >= 0.6 is 0 Å². The molecule has 0 aromatic heterocycles. The molecule has 0 aliphatic heterocycles. The van der Waals surface area contributed by atoms with Gasteiger partial charge in [0.05, 0.1) is 0 Å². The molecule has 86 valence electrons. The van der Waals surface area contributed by atoms with Crippen LogP contribution in [-0.2, 0) is 0 Å². The molecule has 15 heavy (non-hydrogen) atoms. The Morgan fingerprint density at radius 1 is 1.13 bits per heavy atom. The SMILES string of the molecule is CC1(C)C(NCC2CC=CCC2)C1(C)C. The van der Waals surface area contributed by atoms with E-state index in [0.29, 0.717) is 10.8 Å². The van der Waals surface area contributed by atoms with Crippen molar-refractivity contribution in [2.24, 2.45) is 16.7 Å².